The van der Waals surface area contributed by atoms with Crippen molar-refractivity contribution in [3.63, 3.8) is 0 Å². The first-order valence-corrected chi connectivity index (χ1v) is 9.73. The molecular formula is C22H26N2O6. The summed E-state index contributed by atoms with van der Waals surface area (Å²) >= 11 is 0. The lowest BCUT2D eigenvalue weighted by Gasteiger charge is -2.16. The molecule has 8 nitrogen and oxygen atoms in total. The topological polar surface area (TPSA) is 95.1 Å². The summed E-state index contributed by atoms with van der Waals surface area (Å²) in [4.78, 5) is 24.8. The van der Waals surface area contributed by atoms with Gasteiger partial charge in [0.15, 0.2) is 23.0 Å². The molecule has 1 aliphatic carbocycles. The first-order valence-electron chi connectivity index (χ1n) is 9.73. The molecule has 160 valence electrons. The first kappa shape index (κ1) is 21.3. The number of hydrogen-bond donors (Lipinski definition) is 2. The molecule has 0 radical (unpaired) electrons. The highest BCUT2D eigenvalue weighted by Crippen LogP contribution is 2.32. The summed E-state index contributed by atoms with van der Waals surface area (Å²) in [6.45, 7) is 0. The van der Waals surface area contributed by atoms with Gasteiger partial charge in [-0.05, 0) is 62.1 Å². The molecule has 0 spiro atoms. The van der Waals surface area contributed by atoms with Crippen LogP contribution in [0, 0.1) is 0 Å². The van der Waals surface area contributed by atoms with Crippen LogP contribution < -0.4 is 29.8 Å². The van der Waals surface area contributed by atoms with Gasteiger partial charge in [0.1, 0.15) is 0 Å². The zero-order valence-corrected chi connectivity index (χ0v) is 17.3. The summed E-state index contributed by atoms with van der Waals surface area (Å²) in [5.74, 6) is 1.03. The standard InChI is InChI=1S/C22H26N2O6/c1-27-17-10-8-14(12-19(17)28-2)21(25)23-24-22(26)15-9-11-18(20(13-15)29-3)30-16-6-4-5-7-16/h8-13,16H,4-7H2,1-3H3,(H,23,25)(H,24,26). The number of hydrogen-bond acceptors (Lipinski definition) is 6. The Labute approximate surface area is 175 Å². The summed E-state index contributed by atoms with van der Waals surface area (Å²) in [6, 6.07) is 9.64. The molecule has 0 unspecified atom stereocenters. The van der Waals surface area contributed by atoms with Crippen LogP contribution in [0.1, 0.15) is 46.4 Å². The molecule has 2 aromatic rings. The smallest absolute Gasteiger partial charge is 0.269 e. The third kappa shape index (κ3) is 4.94. The number of nitrogens with one attached hydrogen (secondary N) is 2. The SMILES string of the molecule is COc1ccc(C(=O)NNC(=O)c2ccc(OC3CCCC3)c(OC)c2)cc1OC. The second-order valence-corrected chi connectivity index (χ2v) is 6.87. The van der Waals surface area contributed by atoms with Crippen LogP contribution in [0.15, 0.2) is 36.4 Å². The number of carbonyl (C=O) groups excluding carboxylic acids is 2. The Bertz CT molecular complexity index is 908. The van der Waals surface area contributed by atoms with Gasteiger partial charge in [0.05, 0.1) is 27.4 Å². The van der Waals surface area contributed by atoms with Gasteiger partial charge in [-0.25, -0.2) is 0 Å². The van der Waals surface area contributed by atoms with Crippen molar-refractivity contribution in [2.24, 2.45) is 0 Å². The monoisotopic (exact) mass is 414 g/mol. The number of methoxy groups -OCH3 is 3. The minimum Gasteiger partial charge on any atom is -0.493 e. The van der Waals surface area contributed by atoms with Gasteiger partial charge in [0.2, 0.25) is 0 Å². The van der Waals surface area contributed by atoms with Gasteiger partial charge in [-0.1, -0.05) is 0 Å². The van der Waals surface area contributed by atoms with E-state index in [2.05, 4.69) is 10.9 Å². The fourth-order valence-electron chi connectivity index (χ4n) is 3.33. The summed E-state index contributed by atoms with van der Waals surface area (Å²) in [7, 11) is 4.52. The summed E-state index contributed by atoms with van der Waals surface area (Å²) in [5, 5.41) is 0. The van der Waals surface area contributed by atoms with Crippen molar-refractivity contribution in [2.75, 3.05) is 21.3 Å². The number of carbonyl (C=O) groups is 2. The van der Waals surface area contributed by atoms with Crippen molar-refractivity contribution in [2.45, 2.75) is 31.8 Å². The maximum atomic E-state index is 12.5. The molecule has 2 N–H and O–H groups in total. The zero-order valence-electron chi connectivity index (χ0n) is 17.3. The minimum absolute atomic E-state index is 0.180. The highest BCUT2D eigenvalue weighted by molar-refractivity contribution is 5.99. The molecule has 0 atom stereocenters. The van der Waals surface area contributed by atoms with Gasteiger partial charge >= 0.3 is 0 Å². The molecule has 1 fully saturated rings. The molecule has 2 amide bonds. The fraction of sp³-hybridized carbons (Fsp3) is 0.364. The zero-order chi connectivity index (χ0) is 21.5. The van der Waals surface area contributed by atoms with E-state index >= 15 is 0 Å². The molecule has 30 heavy (non-hydrogen) atoms. The van der Waals surface area contributed by atoms with E-state index in [1.807, 2.05) is 0 Å². The predicted octanol–water partition coefficient (Wildman–Crippen LogP) is 3.11. The highest BCUT2D eigenvalue weighted by Gasteiger charge is 2.19. The summed E-state index contributed by atoms with van der Waals surface area (Å²) in [5.41, 5.74) is 5.43. The van der Waals surface area contributed by atoms with Gasteiger partial charge in [-0.15, -0.1) is 0 Å². The van der Waals surface area contributed by atoms with E-state index in [9.17, 15) is 9.59 Å². The molecule has 0 heterocycles. The van der Waals surface area contributed by atoms with Crippen molar-refractivity contribution in [1.29, 1.82) is 0 Å². The van der Waals surface area contributed by atoms with Crippen molar-refractivity contribution < 1.29 is 28.5 Å². The second kappa shape index (κ2) is 9.87. The Balaban J connectivity index is 1.63. The third-order valence-corrected chi connectivity index (χ3v) is 4.96. The van der Waals surface area contributed by atoms with Gasteiger partial charge in [-0.2, -0.15) is 0 Å². The number of rotatable bonds is 7. The van der Waals surface area contributed by atoms with Gasteiger partial charge in [0, 0.05) is 11.1 Å². The largest absolute Gasteiger partial charge is 0.493 e. The maximum Gasteiger partial charge on any atom is 0.269 e. The summed E-state index contributed by atoms with van der Waals surface area (Å²) in [6.07, 6.45) is 4.54. The molecule has 0 saturated heterocycles. The van der Waals surface area contributed by atoms with Gasteiger partial charge < -0.3 is 18.9 Å². The third-order valence-electron chi connectivity index (χ3n) is 4.96. The van der Waals surface area contributed by atoms with Crippen LogP contribution in [-0.2, 0) is 0 Å². The van der Waals surface area contributed by atoms with Crippen molar-refractivity contribution in [1.82, 2.24) is 10.9 Å². The molecular weight excluding hydrogens is 388 g/mol. The fourth-order valence-corrected chi connectivity index (χ4v) is 3.33. The van der Waals surface area contributed by atoms with Crippen LogP contribution in [0.4, 0.5) is 0 Å². The number of hydrazine groups is 1. The van der Waals surface area contributed by atoms with Crippen molar-refractivity contribution in [3.05, 3.63) is 47.5 Å². The molecule has 8 heteroatoms. The van der Waals surface area contributed by atoms with Crippen LogP contribution >= 0.6 is 0 Å². The number of benzene rings is 2. The lowest BCUT2D eigenvalue weighted by molar-refractivity contribution is 0.0846. The second-order valence-electron chi connectivity index (χ2n) is 6.87. The number of amides is 2. The molecule has 0 bridgehead atoms. The van der Waals surface area contributed by atoms with E-state index in [0.717, 1.165) is 25.7 Å². The van der Waals surface area contributed by atoms with E-state index in [4.69, 9.17) is 18.9 Å². The average molecular weight is 414 g/mol. The first-order chi connectivity index (χ1) is 14.5. The van der Waals surface area contributed by atoms with E-state index in [-0.39, 0.29) is 6.10 Å². The Morgan fingerprint density at radius 1 is 0.733 bits per heavy atom. The lowest BCUT2D eigenvalue weighted by Crippen LogP contribution is -2.41. The lowest BCUT2D eigenvalue weighted by atomic mass is 10.2. The van der Waals surface area contributed by atoms with E-state index in [1.165, 1.54) is 27.4 Å². The molecule has 1 saturated carbocycles. The van der Waals surface area contributed by atoms with Crippen LogP contribution in [-0.4, -0.2) is 39.2 Å². The van der Waals surface area contributed by atoms with Crippen LogP contribution in [0.5, 0.6) is 23.0 Å². The molecule has 1 aliphatic rings. The Hall–Kier alpha value is -3.42. The van der Waals surface area contributed by atoms with E-state index in [0.29, 0.717) is 34.1 Å². The van der Waals surface area contributed by atoms with Gasteiger partial charge in [-0.3, -0.25) is 20.4 Å². The predicted molar refractivity (Wildman–Crippen MR) is 110 cm³/mol. The molecule has 2 aromatic carbocycles. The Kier molecular flexibility index (Phi) is 7.00. The van der Waals surface area contributed by atoms with E-state index in [1.54, 1.807) is 30.3 Å². The molecule has 0 aliphatic heterocycles. The normalized spacial score (nSPS) is 13.4. The summed E-state index contributed by atoms with van der Waals surface area (Å²) < 4.78 is 21.7. The van der Waals surface area contributed by atoms with Crippen LogP contribution in [0.25, 0.3) is 0 Å². The number of ether oxygens (including phenoxy) is 4. The van der Waals surface area contributed by atoms with Crippen LogP contribution in [0.3, 0.4) is 0 Å². The van der Waals surface area contributed by atoms with Crippen LogP contribution in [0.2, 0.25) is 0 Å². The molecule has 0 aromatic heterocycles. The average Bonchev–Trinajstić information content (AvgIpc) is 3.30. The van der Waals surface area contributed by atoms with Crippen molar-refractivity contribution in [3.8, 4) is 23.0 Å². The Morgan fingerprint density at radius 2 is 1.20 bits per heavy atom. The highest BCUT2D eigenvalue weighted by atomic mass is 16.5. The molecule has 3 rings (SSSR count). The quantitative estimate of drug-likeness (QED) is 0.676. The minimum atomic E-state index is -0.488. The van der Waals surface area contributed by atoms with Crippen molar-refractivity contribution >= 4 is 11.8 Å². The maximum absolute atomic E-state index is 12.5. The van der Waals surface area contributed by atoms with E-state index < -0.39 is 11.8 Å². The Morgan fingerprint density at radius 3 is 1.70 bits per heavy atom. The van der Waals surface area contributed by atoms with Gasteiger partial charge in [0.25, 0.3) is 11.8 Å².